The van der Waals surface area contributed by atoms with Crippen LogP contribution >= 0.6 is 0 Å². The quantitative estimate of drug-likeness (QED) is 0.189. The molecule has 0 bridgehead atoms. The predicted octanol–water partition coefficient (Wildman–Crippen LogP) is 14.3. The Morgan fingerprint density at radius 2 is 1.05 bits per heavy atom. The zero-order valence-corrected chi connectivity index (χ0v) is 33.5. The second kappa shape index (κ2) is 13.6. The lowest BCUT2D eigenvalue weighted by Crippen LogP contribution is -2.33. The summed E-state index contributed by atoms with van der Waals surface area (Å²) < 4.78 is 8.75. The number of benzene rings is 10. The smallest absolute Gasteiger partial charge is 0.159 e. The van der Waals surface area contributed by atoms with Gasteiger partial charge < -0.3 is 14.3 Å². The van der Waals surface area contributed by atoms with E-state index >= 15 is 0 Å². The van der Waals surface area contributed by atoms with E-state index < -0.39 is 6.17 Å². The molecule has 0 radical (unpaired) electrons. The van der Waals surface area contributed by atoms with E-state index in [1.165, 1.54) is 48.8 Å². The van der Waals surface area contributed by atoms with Crippen LogP contribution in [0.15, 0.2) is 221 Å². The monoisotopic (exact) mass is 792 g/mol. The summed E-state index contributed by atoms with van der Waals surface area (Å²) in [6, 6.07) is 73.7. The molecule has 290 valence electrons. The number of furan rings is 1. The Morgan fingerprint density at radius 1 is 0.435 bits per heavy atom. The predicted molar refractivity (Wildman–Crippen MR) is 258 cm³/mol. The SMILES string of the molecule is c1cc(C2N=C(c3ccc4ccccc4c3)N=C(c3cccc4oc5ccccc5c34)N2)cc(-n2c3ccc(-c4ccc5ccccc5c4)cc3c3cc4ccccc4cc32)c1. The molecule has 12 aromatic rings. The number of amidine groups is 2. The standard InChI is InChI=1S/C57H36N4O/c1-3-13-37-29-41(25-23-35(37)11-1)42-27-28-50-48(33-42)49-32-39-15-5-6-16-40(39)34-51(49)61(50)45-18-9-17-43(31-45)55-58-56(44-26-24-36-12-2-4-14-38(36)30-44)60-57(59-55)47-20-10-22-53-54(47)46-19-7-8-21-52(46)62-53/h1-34,55H,(H,58,59,60). The van der Waals surface area contributed by atoms with Crippen LogP contribution in [-0.4, -0.2) is 16.2 Å². The third kappa shape index (κ3) is 5.56. The van der Waals surface area contributed by atoms with Crippen molar-refractivity contribution in [2.45, 2.75) is 6.17 Å². The maximum Gasteiger partial charge on any atom is 0.159 e. The summed E-state index contributed by atoms with van der Waals surface area (Å²) in [5.74, 6) is 1.43. The molecule has 1 aliphatic rings. The molecule has 5 nitrogen and oxygen atoms in total. The van der Waals surface area contributed by atoms with Gasteiger partial charge in [0.1, 0.15) is 23.2 Å². The van der Waals surface area contributed by atoms with Crippen molar-refractivity contribution in [3.8, 4) is 16.8 Å². The van der Waals surface area contributed by atoms with Gasteiger partial charge in [0.25, 0.3) is 0 Å². The number of nitrogens with one attached hydrogen (secondary N) is 1. The summed E-state index contributed by atoms with van der Waals surface area (Å²) in [5, 5.41) is 15.5. The first-order valence-corrected chi connectivity index (χ1v) is 21.1. The summed E-state index contributed by atoms with van der Waals surface area (Å²) in [5.41, 5.74) is 10.4. The average Bonchev–Trinajstić information content (AvgIpc) is 3.88. The highest BCUT2D eigenvalue weighted by atomic mass is 16.3. The van der Waals surface area contributed by atoms with Gasteiger partial charge in [-0.1, -0.05) is 146 Å². The number of para-hydroxylation sites is 1. The van der Waals surface area contributed by atoms with Crippen LogP contribution < -0.4 is 5.32 Å². The molecule has 1 aliphatic heterocycles. The number of rotatable bonds is 5. The van der Waals surface area contributed by atoms with Gasteiger partial charge in [-0.3, -0.25) is 0 Å². The van der Waals surface area contributed by atoms with Gasteiger partial charge in [-0.2, -0.15) is 0 Å². The molecule has 1 unspecified atom stereocenters. The largest absolute Gasteiger partial charge is 0.456 e. The van der Waals surface area contributed by atoms with Crippen LogP contribution in [0.1, 0.15) is 22.9 Å². The molecule has 0 saturated carbocycles. The first-order valence-electron chi connectivity index (χ1n) is 21.1. The number of aliphatic imine (C=N–C) groups is 2. The lowest BCUT2D eigenvalue weighted by atomic mass is 9.99. The summed E-state index contributed by atoms with van der Waals surface area (Å²) in [7, 11) is 0. The Labute approximate surface area is 356 Å². The second-order valence-corrected chi connectivity index (χ2v) is 16.2. The molecule has 13 rings (SSSR count). The topological polar surface area (TPSA) is 54.8 Å². The molecule has 5 heteroatoms. The van der Waals surface area contributed by atoms with Gasteiger partial charge >= 0.3 is 0 Å². The number of nitrogens with zero attached hydrogens (tertiary/aromatic N) is 3. The first-order chi connectivity index (χ1) is 30.7. The summed E-state index contributed by atoms with van der Waals surface area (Å²) >= 11 is 0. The lowest BCUT2D eigenvalue weighted by molar-refractivity contribution is 0.667. The van der Waals surface area contributed by atoms with Crippen LogP contribution in [0, 0.1) is 0 Å². The molecule has 62 heavy (non-hydrogen) atoms. The molecule has 0 aliphatic carbocycles. The van der Waals surface area contributed by atoms with Gasteiger partial charge in [-0.25, -0.2) is 9.98 Å². The van der Waals surface area contributed by atoms with Crippen molar-refractivity contribution in [1.82, 2.24) is 9.88 Å². The van der Waals surface area contributed by atoms with E-state index in [1.807, 2.05) is 24.3 Å². The fraction of sp³-hybridized carbons (Fsp3) is 0.0175. The molecular formula is C57H36N4O. The van der Waals surface area contributed by atoms with E-state index in [0.717, 1.165) is 66.6 Å². The molecular weight excluding hydrogens is 757 g/mol. The minimum Gasteiger partial charge on any atom is -0.456 e. The molecule has 0 spiro atoms. The van der Waals surface area contributed by atoms with Gasteiger partial charge in [0.05, 0.1) is 11.0 Å². The summed E-state index contributed by atoms with van der Waals surface area (Å²) in [4.78, 5) is 10.7. The van der Waals surface area contributed by atoms with Crippen molar-refractivity contribution in [2.75, 3.05) is 0 Å². The van der Waals surface area contributed by atoms with Crippen molar-refractivity contribution in [3.63, 3.8) is 0 Å². The van der Waals surface area contributed by atoms with Gasteiger partial charge in [-0.15, -0.1) is 0 Å². The Morgan fingerprint density at radius 3 is 1.85 bits per heavy atom. The van der Waals surface area contributed by atoms with Crippen LogP contribution in [0.5, 0.6) is 0 Å². The maximum absolute atomic E-state index is 6.34. The fourth-order valence-corrected chi connectivity index (χ4v) is 9.55. The highest BCUT2D eigenvalue weighted by Gasteiger charge is 2.25. The minimum absolute atomic E-state index is 0.425. The van der Waals surface area contributed by atoms with E-state index in [-0.39, 0.29) is 0 Å². The van der Waals surface area contributed by atoms with Crippen LogP contribution in [0.3, 0.4) is 0 Å². The Kier molecular flexibility index (Phi) is 7.60. The maximum atomic E-state index is 6.34. The molecule has 3 heterocycles. The third-order valence-corrected chi connectivity index (χ3v) is 12.6. The fourth-order valence-electron chi connectivity index (χ4n) is 9.55. The summed E-state index contributed by atoms with van der Waals surface area (Å²) in [6.07, 6.45) is -0.425. The van der Waals surface area contributed by atoms with Crippen molar-refractivity contribution in [3.05, 3.63) is 223 Å². The van der Waals surface area contributed by atoms with Crippen molar-refractivity contribution >= 4 is 87.7 Å². The Balaban J connectivity index is 0.983. The van der Waals surface area contributed by atoms with Crippen molar-refractivity contribution in [2.24, 2.45) is 9.98 Å². The number of aromatic nitrogens is 1. The van der Waals surface area contributed by atoms with Crippen LogP contribution in [0.2, 0.25) is 0 Å². The van der Waals surface area contributed by atoms with Crippen LogP contribution in [0.4, 0.5) is 0 Å². The van der Waals surface area contributed by atoms with Crippen molar-refractivity contribution in [1.29, 1.82) is 0 Å². The highest BCUT2D eigenvalue weighted by Crippen LogP contribution is 2.39. The lowest BCUT2D eigenvalue weighted by Gasteiger charge is -2.24. The van der Waals surface area contributed by atoms with E-state index in [4.69, 9.17) is 14.4 Å². The van der Waals surface area contributed by atoms with E-state index in [1.54, 1.807) is 0 Å². The molecule has 0 fully saturated rings. The molecule has 1 N–H and O–H groups in total. The molecule has 10 aromatic carbocycles. The van der Waals surface area contributed by atoms with E-state index in [9.17, 15) is 0 Å². The number of fused-ring (bicyclic) bond motifs is 9. The van der Waals surface area contributed by atoms with Gasteiger partial charge in [0.15, 0.2) is 5.84 Å². The summed E-state index contributed by atoms with van der Waals surface area (Å²) in [6.45, 7) is 0. The normalized spacial score (nSPS) is 14.3. The zero-order valence-electron chi connectivity index (χ0n) is 33.5. The van der Waals surface area contributed by atoms with E-state index in [2.05, 4.69) is 192 Å². The van der Waals surface area contributed by atoms with Gasteiger partial charge in [-0.05, 0) is 110 Å². The molecule has 2 aromatic heterocycles. The molecule has 0 saturated heterocycles. The Bertz CT molecular complexity index is 3870. The third-order valence-electron chi connectivity index (χ3n) is 12.6. The van der Waals surface area contributed by atoms with E-state index in [0.29, 0.717) is 5.84 Å². The molecule has 1 atom stereocenters. The van der Waals surface area contributed by atoms with Gasteiger partial charge in [0.2, 0.25) is 0 Å². The van der Waals surface area contributed by atoms with Gasteiger partial charge in [0, 0.05) is 38.4 Å². The molecule has 0 amide bonds. The number of hydrogen-bond acceptors (Lipinski definition) is 4. The Hall–Kier alpha value is -8.28. The average molecular weight is 793 g/mol. The number of hydrogen-bond donors (Lipinski definition) is 1. The van der Waals surface area contributed by atoms with Crippen molar-refractivity contribution < 1.29 is 4.42 Å². The zero-order chi connectivity index (χ0) is 40.7. The van der Waals surface area contributed by atoms with Crippen LogP contribution in [-0.2, 0) is 0 Å². The van der Waals surface area contributed by atoms with Crippen LogP contribution in [0.25, 0.3) is 92.9 Å². The first kappa shape index (κ1) is 34.6. The second-order valence-electron chi connectivity index (χ2n) is 16.2. The minimum atomic E-state index is -0.425. The highest BCUT2D eigenvalue weighted by molar-refractivity contribution is 6.22.